The van der Waals surface area contributed by atoms with Gasteiger partial charge >= 0.3 is 0 Å². The maximum absolute atomic E-state index is 5.88. The van der Waals surface area contributed by atoms with E-state index in [4.69, 9.17) is 33.7 Å². The highest BCUT2D eigenvalue weighted by molar-refractivity contribution is 6.33. The third kappa shape index (κ3) is 2.40. The summed E-state index contributed by atoms with van der Waals surface area (Å²) in [6.07, 6.45) is 0. The first-order valence-electron chi connectivity index (χ1n) is 4.64. The molecule has 0 aromatic heterocycles. The summed E-state index contributed by atoms with van der Waals surface area (Å²) in [4.78, 5) is 0. The molecule has 0 unspecified atom stereocenters. The van der Waals surface area contributed by atoms with Gasteiger partial charge in [0.15, 0.2) is 5.75 Å². The molecule has 0 saturated carbocycles. The number of para-hydroxylation sites is 1. The fourth-order valence-electron chi connectivity index (χ4n) is 1.26. The number of anilines is 1. The van der Waals surface area contributed by atoms with Crippen LogP contribution in [0.4, 0.5) is 5.69 Å². The molecule has 0 spiro atoms. The van der Waals surface area contributed by atoms with Crippen LogP contribution in [-0.4, -0.2) is 0 Å². The Hall–Kier alpha value is -1.38. The van der Waals surface area contributed by atoms with Gasteiger partial charge < -0.3 is 10.5 Å². The first-order valence-corrected chi connectivity index (χ1v) is 5.40. The highest BCUT2D eigenvalue weighted by Gasteiger charge is 2.05. The number of hydrogen-bond acceptors (Lipinski definition) is 2. The van der Waals surface area contributed by atoms with Gasteiger partial charge in [-0.15, -0.1) is 0 Å². The zero-order valence-corrected chi connectivity index (χ0v) is 9.79. The molecule has 82 valence electrons. The lowest BCUT2D eigenvalue weighted by Crippen LogP contribution is -1.92. The Kier molecular flexibility index (Phi) is 3.22. The van der Waals surface area contributed by atoms with Crippen molar-refractivity contribution < 1.29 is 4.74 Å². The molecule has 0 saturated heterocycles. The number of halogens is 2. The van der Waals surface area contributed by atoms with Crippen LogP contribution in [0.3, 0.4) is 0 Å². The van der Waals surface area contributed by atoms with Gasteiger partial charge in [0.2, 0.25) is 0 Å². The van der Waals surface area contributed by atoms with Crippen molar-refractivity contribution in [1.29, 1.82) is 0 Å². The van der Waals surface area contributed by atoms with E-state index in [9.17, 15) is 0 Å². The van der Waals surface area contributed by atoms with Crippen molar-refractivity contribution >= 4 is 28.9 Å². The van der Waals surface area contributed by atoms with Crippen LogP contribution in [0.15, 0.2) is 42.5 Å². The lowest BCUT2D eigenvalue weighted by atomic mass is 10.3. The van der Waals surface area contributed by atoms with Crippen LogP contribution in [0.5, 0.6) is 11.5 Å². The van der Waals surface area contributed by atoms with Crippen LogP contribution in [0, 0.1) is 0 Å². The number of nitrogen functional groups attached to an aromatic ring is 1. The zero-order valence-electron chi connectivity index (χ0n) is 8.28. The molecule has 2 rings (SSSR count). The molecule has 2 aromatic carbocycles. The second-order valence-electron chi connectivity index (χ2n) is 3.21. The Bertz CT molecular complexity index is 514. The predicted molar refractivity (Wildman–Crippen MR) is 67.4 cm³/mol. The molecule has 0 bridgehead atoms. The van der Waals surface area contributed by atoms with Gasteiger partial charge in [-0.25, -0.2) is 0 Å². The van der Waals surface area contributed by atoms with Crippen LogP contribution >= 0.6 is 23.2 Å². The largest absolute Gasteiger partial charge is 0.455 e. The van der Waals surface area contributed by atoms with E-state index in [1.54, 1.807) is 42.5 Å². The van der Waals surface area contributed by atoms with Crippen LogP contribution in [0.1, 0.15) is 0 Å². The van der Waals surface area contributed by atoms with Gasteiger partial charge in [0.25, 0.3) is 0 Å². The molecule has 0 radical (unpaired) electrons. The SMILES string of the molecule is Nc1c(Cl)cccc1Oc1cccc(Cl)c1. The summed E-state index contributed by atoms with van der Waals surface area (Å²) in [5.74, 6) is 1.15. The number of benzene rings is 2. The van der Waals surface area contributed by atoms with Crippen molar-refractivity contribution in [2.24, 2.45) is 0 Å². The Morgan fingerprint density at radius 1 is 1.00 bits per heavy atom. The van der Waals surface area contributed by atoms with Crippen molar-refractivity contribution in [3.8, 4) is 11.5 Å². The Labute approximate surface area is 104 Å². The van der Waals surface area contributed by atoms with Crippen molar-refractivity contribution in [3.05, 3.63) is 52.5 Å². The molecule has 2 aromatic rings. The minimum atomic E-state index is 0.421. The zero-order chi connectivity index (χ0) is 11.5. The van der Waals surface area contributed by atoms with E-state index >= 15 is 0 Å². The summed E-state index contributed by atoms with van der Waals surface area (Å²) in [6, 6.07) is 12.3. The minimum Gasteiger partial charge on any atom is -0.455 e. The molecule has 0 aliphatic rings. The van der Waals surface area contributed by atoms with Crippen molar-refractivity contribution in [2.75, 3.05) is 5.73 Å². The molecule has 0 aliphatic carbocycles. The molecule has 16 heavy (non-hydrogen) atoms. The van der Waals surface area contributed by atoms with E-state index in [-0.39, 0.29) is 0 Å². The second kappa shape index (κ2) is 4.64. The van der Waals surface area contributed by atoms with E-state index in [1.807, 2.05) is 0 Å². The Morgan fingerprint density at radius 2 is 1.75 bits per heavy atom. The monoisotopic (exact) mass is 253 g/mol. The van der Waals surface area contributed by atoms with Crippen molar-refractivity contribution in [2.45, 2.75) is 0 Å². The summed E-state index contributed by atoms with van der Waals surface area (Å²) < 4.78 is 5.58. The van der Waals surface area contributed by atoms with E-state index in [1.165, 1.54) is 0 Å². The summed E-state index contributed by atoms with van der Waals surface area (Å²) >= 11 is 11.7. The average molecular weight is 254 g/mol. The fourth-order valence-corrected chi connectivity index (χ4v) is 1.61. The molecule has 0 amide bonds. The summed E-state index contributed by atoms with van der Waals surface area (Å²) in [7, 11) is 0. The smallest absolute Gasteiger partial charge is 0.151 e. The van der Waals surface area contributed by atoms with E-state index in [0.717, 1.165) is 0 Å². The molecule has 0 aliphatic heterocycles. The lowest BCUT2D eigenvalue weighted by Gasteiger charge is -2.09. The second-order valence-corrected chi connectivity index (χ2v) is 4.05. The number of rotatable bonds is 2. The van der Waals surface area contributed by atoms with Crippen LogP contribution in [0.25, 0.3) is 0 Å². The summed E-state index contributed by atoms with van der Waals surface area (Å²) in [5.41, 5.74) is 6.20. The van der Waals surface area contributed by atoms with Crippen molar-refractivity contribution in [3.63, 3.8) is 0 Å². The van der Waals surface area contributed by atoms with Crippen LogP contribution in [-0.2, 0) is 0 Å². The van der Waals surface area contributed by atoms with E-state index in [2.05, 4.69) is 0 Å². The van der Waals surface area contributed by atoms with Crippen LogP contribution in [0.2, 0.25) is 10.0 Å². The van der Waals surface area contributed by atoms with Gasteiger partial charge in [-0.05, 0) is 30.3 Å². The van der Waals surface area contributed by atoms with Gasteiger partial charge in [0, 0.05) is 5.02 Å². The maximum Gasteiger partial charge on any atom is 0.151 e. The highest BCUT2D eigenvalue weighted by atomic mass is 35.5. The average Bonchev–Trinajstić information content (AvgIpc) is 2.25. The Balaban J connectivity index is 2.31. The molecule has 0 fully saturated rings. The molecule has 0 heterocycles. The first kappa shape index (κ1) is 11.1. The van der Waals surface area contributed by atoms with E-state index < -0.39 is 0 Å². The van der Waals surface area contributed by atoms with Gasteiger partial charge in [0.1, 0.15) is 5.75 Å². The van der Waals surface area contributed by atoms with Crippen LogP contribution < -0.4 is 10.5 Å². The molecule has 2 N–H and O–H groups in total. The van der Waals surface area contributed by atoms with Gasteiger partial charge in [-0.3, -0.25) is 0 Å². The molecule has 0 atom stereocenters. The van der Waals surface area contributed by atoms with Crippen molar-refractivity contribution in [1.82, 2.24) is 0 Å². The number of nitrogens with two attached hydrogens (primary N) is 1. The summed E-state index contributed by atoms with van der Waals surface area (Å²) in [5, 5.41) is 1.08. The predicted octanol–water partition coefficient (Wildman–Crippen LogP) is 4.37. The highest BCUT2D eigenvalue weighted by Crippen LogP contribution is 2.33. The third-order valence-electron chi connectivity index (χ3n) is 2.04. The summed E-state index contributed by atoms with van der Waals surface area (Å²) in [6.45, 7) is 0. The third-order valence-corrected chi connectivity index (χ3v) is 2.60. The molecule has 4 heteroatoms. The Morgan fingerprint density at radius 3 is 2.50 bits per heavy atom. The molecular weight excluding hydrogens is 245 g/mol. The lowest BCUT2D eigenvalue weighted by molar-refractivity contribution is 0.485. The maximum atomic E-state index is 5.88. The normalized spacial score (nSPS) is 10.1. The van der Waals surface area contributed by atoms with Gasteiger partial charge in [-0.2, -0.15) is 0 Å². The quantitative estimate of drug-likeness (QED) is 0.807. The fraction of sp³-hybridized carbons (Fsp3) is 0. The van der Waals surface area contributed by atoms with E-state index in [0.29, 0.717) is 27.2 Å². The molecular formula is C12H9Cl2NO. The van der Waals surface area contributed by atoms with Gasteiger partial charge in [-0.1, -0.05) is 35.3 Å². The topological polar surface area (TPSA) is 35.2 Å². The first-order chi connectivity index (χ1) is 7.66. The van der Waals surface area contributed by atoms with Gasteiger partial charge in [0.05, 0.1) is 10.7 Å². The minimum absolute atomic E-state index is 0.421. The number of ether oxygens (including phenoxy) is 1. The molecule has 2 nitrogen and oxygen atoms in total. The number of hydrogen-bond donors (Lipinski definition) is 1. The standard InChI is InChI=1S/C12H9Cl2NO/c13-8-3-1-4-9(7-8)16-11-6-2-5-10(14)12(11)15/h1-7H,15H2.